The molecule has 8 nitrogen and oxygen atoms in total. The Labute approximate surface area is 231 Å². The minimum Gasteiger partial charge on any atom is -0.434 e. The molecule has 2 aromatic carbocycles. The topological polar surface area (TPSA) is 97.3 Å². The first-order valence-corrected chi connectivity index (χ1v) is 13.1. The molecule has 0 bridgehead atoms. The number of rotatable bonds is 9. The van der Waals surface area contributed by atoms with Crippen molar-refractivity contribution in [1.29, 1.82) is 0 Å². The van der Waals surface area contributed by atoms with E-state index in [2.05, 4.69) is 34.8 Å². The van der Waals surface area contributed by atoms with E-state index >= 15 is 0 Å². The normalized spacial score (nSPS) is 16.3. The quantitative estimate of drug-likeness (QED) is 0.297. The van der Waals surface area contributed by atoms with Crippen molar-refractivity contribution in [3.05, 3.63) is 46.5 Å². The van der Waals surface area contributed by atoms with Gasteiger partial charge in [0.25, 0.3) is 5.91 Å². The largest absolute Gasteiger partial charge is 0.434 e. The monoisotopic (exact) mass is 561 g/mol. The Morgan fingerprint density at radius 3 is 2.51 bits per heavy atom. The lowest BCUT2D eigenvalue weighted by Gasteiger charge is -2.18. The van der Waals surface area contributed by atoms with Gasteiger partial charge in [-0.05, 0) is 41.5 Å². The third kappa shape index (κ3) is 6.61. The SMILES string of the molecule is Cn1c(Nc2cc(CNC(=O)C(C)(C)C)ccc2Cl)nc2cc(C(=O)NCC3CC3(C)C)c(OC(F)F)cc21. The van der Waals surface area contributed by atoms with Crippen LogP contribution < -0.4 is 20.7 Å². The zero-order chi connectivity index (χ0) is 28.7. The Morgan fingerprint density at radius 2 is 1.90 bits per heavy atom. The Balaban J connectivity index is 1.59. The van der Waals surface area contributed by atoms with Crippen molar-refractivity contribution in [3.63, 3.8) is 0 Å². The average molecular weight is 562 g/mol. The Morgan fingerprint density at radius 1 is 1.21 bits per heavy atom. The summed E-state index contributed by atoms with van der Waals surface area (Å²) in [5, 5.41) is 9.34. The van der Waals surface area contributed by atoms with Gasteiger partial charge in [-0.1, -0.05) is 52.3 Å². The van der Waals surface area contributed by atoms with Gasteiger partial charge in [0.15, 0.2) is 0 Å². The van der Waals surface area contributed by atoms with Crippen LogP contribution in [0.15, 0.2) is 30.3 Å². The van der Waals surface area contributed by atoms with E-state index in [1.807, 2.05) is 26.8 Å². The summed E-state index contributed by atoms with van der Waals surface area (Å²) in [6, 6.07) is 8.16. The molecule has 3 aromatic rings. The summed E-state index contributed by atoms with van der Waals surface area (Å²) in [7, 11) is 1.71. The summed E-state index contributed by atoms with van der Waals surface area (Å²) in [6.45, 7) is 7.42. The van der Waals surface area contributed by atoms with Gasteiger partial charge in [-0.25, -0.2) is 4.98 Å². The van der Waals surface area contributed by atoms with Gasteiger partial charge in [-0.2, -0.15) is 8.78 Å². The molecule has 1 fully saturated rings. The number of halogens is 3. The van der Waals surface area contributed by atoms with Crippen molar-refractivity contribution >= 4 is 46.1 Å². The number of carbonyl (C=O) groups is 2. The first-order chi connectivity index (χ1) is 18.2. The summed E-state index contributed by atoms with van der Waals surface area (Å²) in [4.78, 5) is 29.8. The molecule has 1 atom stereocenters. The summed E-state index contributed by atoms with van der Waals surface area (Å²) < 4.78 is 32.8. The smallest absolute Gasteiger partial charge is 0.387 e. The Kier molecular flexibility index (Phi) is 7.80. The summed E-state index contributed by atoms with van der Waals surface area (Å²) in [5.74, 6) is -0.0804. The molecule has 0 spiro atoms. The zero-order valence-electron chi connectivity index (χ0n) is 22.9. The van der Waals surface area contributed by atoms with Crippen LogP contribution in [-0.4, -0.2) is 34.5 Å². The third-order valence-corrected chi connectivity index (χ3v) is 7.41. The number of anilines is 2. The first kappa shape index (κ1) is 28.6. The van der Waals surface area contributed by atoms with E-state index in [9.17, 15) is 18.4 Å². The van der Waals surface area contributed by atoms with Crippen molar-refractivity contribution in [1.82, 2.24) is 20.2 Å². The van der Waals surface area contributed by atoms with Gasteiger partial charge in [0.05, 0.1) is 27.3 Å². The highest BCUT2D eigenvalue weighted by Gasteiger charge is 2.45. The van der Waals surface area contributed by atoms with Gasteiger partial charge in [-0.3, -0.25) is 9.59 Å². The third-order valence-electron chi connectivity index (χ3n) is 7.08. The minimum absolute atomic E-state index is 0.0134. The highest BCUT2D eigenvalue weighted by atomic mass is 35.5. The van der Waals surface area contributed by atoms with Gasteiger partial charge in [0.2, 0.25) is 11.9 Å². The molecule has 2 amide bonds. The number of nitrogens with one attached hydrogen (secondary N) is 3. The number of fused-ring (bicyclic) bond motifs is 1. The maximum atomic E-state index is 13.2. The van der Waals surface area contributed by atoms with Crippen LogP contribution in [0.5, 0.6) is 5.75 Å². The molecule has 1 saturated carbocycles. The molecular weight excluding hydrogens is 528 g/mol. The lowest BCUT2D eigenvalue weighted by atomic mass is 9.95. The number of aromatic nitrogens is 2. The number of nitrogens with zero attached hydrogens (tertiary/aromatic N) is 2. The van der Waals surface area contributed by atoms with Crippen molar-refractivity contribution in [2.24, 2.45) is 23.8 Å². The molecule has 3 N–H and O–H groups in total. The van der Waals surface area contributed by atoms with Crippen LogP contribution in [0.25, 0.3) is 11.0 Å². The highest BCUT2D eigenvalue weighted by Crippen LogP contribution is 2.51. The van der Waals surface area contributed by atoms with Crippen LogP contribution in [0.4, 0.5) is 20.4 Å². The molecule has 1 unspecified atom stereocenters. The second-order valence-corrected chi connectivity index (χ2v) is 12.1. The van der Waals surface area contributed by atoms with E-state index in [1.54, 1.807) is 23.7 Å². The molecule has 210 valence electrons. The van der Waals surface area contributed by atoms with E-state index < -0.39 is 17.9 Å². The lowest BCUT2D eigenvalue weighted by molar-refractivity contribution is -0.128. The van der Waals surface area contributed by atoms with Gasteiger partial charge < -0.3 is 25.3 Å². The number of carbonyl (C=O) groups excluding carboxylic acids is 2. The standard InChI is InChI=1S/C28H34ClF2N5O3/c1-27(2,3)24(38)33-13-15-7-8-18(29)19(9-15)34-26-35-20-10-17(23(37)32-14-16-12-28(16,4)5)22(39-25(30)31)11-21(20)36(26)6/h7-11,16,25H,12-14H2,1-6H3,(H,32,37)(H,33,38)(H,34,35). The van der Waals surface area contributed by atoms with Gasteiger partial charge in [-0.15, -0.1) is 0 Å². The minimum atomic E-state index is -3.09. The van der Waals surface area contributed by atoms with Crippen molar-refractivity contribution in [3.8, 4) is 5.75 Å². The van der Waals surface area contributed by atoms with Crippen LogP contribution in [0, 0.1) is 16.7 Å². The van der Waals surface area contributed by atoms with E-state index in [0.717, 1.165) is 12.0 Å². The van der Waals surface area contributed by atoms with Crippen molar-refractivity contribution < 1.29 is 23.1 Å². The van der Waals surface area contributed by atoms with Crippen LogP contribution in [0.1, 0.15) is 57.0 Å². The molecule has 4 rings (SSSR count). The molecule has 1 aliphatic rings. The van der Waals surface area contributed by atoms with E-state index in [-0.39, 0.29) is 22.6 Å². The molecule has 0 saturated heterocycles. The molecule has 0 radical (unpaired) electrons. The molecule has 1 aromatic heterocycles. The number of alkyl halides is 2. The Hall–Kier alpha value is -3.40. The van der Waals surface area contributed by atoms with Crippen LogP contribution in [0.2, 0.25) is 5.02 Å². The number of ether oxygens (including phenoxy) is 1. The summed E-state index contributed by atoms with van der Waals surface area (Å²) in [5.41, 5.74) is 1.91. The van der Waals surface area contributed by atoms with Gasteiger partial charge >= 0.3 is 6.61 Å². The maximum Gasteiger partial charge on any atom is 0.387 e. The van der Waals surface area contributed by atoms with Crippen molar-refractivity contribution in [2.75, 3.05) is 11.9 Å². The molecular formula is C28H34ClF2N5O3. The molecule has 1 heterocycles. The number of hydrogen-bond donors (Lipinski definition) is 3. The predicted octanol–water partition coefficient (Wildman–Crippen LogP) is 6.01. The second kappa shape index (κ2) is 10.6. The number of imidazole rings is 1. The predicted molar refractivity (Wildman–Crippen MR) is 148 cm³/mol. The zero-order valence-corrected chi connectivity index (χ0v) is 23.7. The van der Waals surface area contributed by atoms with E-state index in [4.69, 9.17) is 16.3 Å². The molecule has 1 aliphatic carbocycles. The average Bonchev–Trinajstić information content (AvgIpc) is 3.35. The van der Waals surface area contributed by atoms with E-state index in [1.165, 1.54) is 12.1 Å². The van der Waals surface area contributed by atoms with Gasteiger partial charge in [0.1, 0.15) is 5.75 Å². The number of aryl methyl sites for hydroxylation is 1. The fourth-order valence-electron chi connectivity index (χ4n) is 4.28. The Bertz CT molecular complexity index is 1410. The summed E-state index contributed by atoms with van der Waals surface area (Å²) in [6.07, 6.45) is 0.995. The fourth-order valence-corrected chi connectivity index (χ4v) is 4.45. The van der Waals surface area contributed by atoms with Crippen LogP contribution >= 0.6 is 11.6 Å². The van der Waals surface area contributed by atoms with Crippen molar-refractivity contribution in [2.45, 2.75) is 54.2 Å². The van der Waals surface area contributed by atoms with E-state index in [0.29, 0.717) is 46.7 Å². The number of benzene rings is 2. The number of amides is 2. The first-order valence-electron chi connectivity index (χ1n) is 12.7. The van der Waals surface area contributed by atoms with Crippen LogP contribution in [0.3, 0.4) is 0 Å². The lowest BCUT2D eigenvalue weighted by Crippen LogP contribution is -2.34. The maximum absolute atomic E-state index is 13.2. The fraction of sp³-hybridized carbons (Fsp3) is 0.464. The second-order valence-electron chi connectivity index (χ2n) is 11.7. The molecule has 0 aliphatic heterocycles. The number of hydrogen-bond acceptors (Lipinski definition) is 5. The highest BCUT2D eigenvalue weighted by molar-refractivity contribution is 6.33. The summed E-state index contributed by atoms with van der Waals surface area (Å²) >= 11 is 6.42. The van der Waals surface area contributed by atoms with Crippen LogP contribution in [-0.2, 0) is 18.4 Å². The molecule has 39 heavy (non-hydrogen) atoms. The molecule has 11 heteroatoms. The van der Waals surface area contributed by atoms with Gasteiger partial charge in [0, 0.05) is 31.6 Å².